The molecular weight excluding hydrogens is 311 g/mol. The summed E-state index contributed by atoms with van der Waals surface area (Å²) in [6.45, 7) is -0.370. The maximum Gasteiger partial charge on any atom is 0.326 e. The van der Waals surface area contributed by atoms with Gasteiger partial charge in [-0.15, -0.1) is 0 Å². The molecule has 7 heteroatoms. The lowest BCUT2D eigenvalue weighted by molar-refractivity contribution is -0.121. The fraction of sp³-hybridized carbons (Fsp3) is 0.0667. The monoisotopic (exact) mass is 322 g/mol. The van der Waals surface area contributed by atoms with Crippen LogP contribution >= 0.6 is 11.6 Å². The predicted octanol–water partition coefficient (Wildman–Crippen LogP) is 3.21. The first kappa shape index (κ1) is 15.8. The molecule has 0 atom stereocenters. The summed E-state index contributed by atoms with van der Waals surface area (Å²) >= 11 is 5.77. The van der Waals surface area contributed by atoms with Crippen LogP contribution in [0.2, 0.25) is 5.02 Å². The van der Waals surface area contributed by atoms with Crippen LogP contribution < -0.4 is 15.4 Å². The smallest absolute Gasteiger partial charge is 0.326 e. The summed E-state index contributed by atoms with van der Waals surface area (Å²) in [7, 11) is 0. The van der Waals surface area contributed by atoms with Crippen LogP contribution in [0.3, 0.4) is 0 Å². The second-order valence-electron chi connectivity index (χ2n) is 4.23. The molecule has 114 valence electrons. The number of rotatable bonds is 4. The lowest BCUT2D eigenvalue weighted by atomic mass is 10.3. The first-order valence-corrected chi connectivity index (χ1v) is 6.66. The van der Waals surface area contributed by atoms with Crippen molar-refractivity contribution in [3.8, 4) is 5.75 Å². The summed E-state index contributed by atoms with van der Waals surface area (Å²) in [5.74, 6) is -0.869. The van der Waals surface area contributed by atoms with Gasteiger partial charge >= 0.3 is 6.03 Å². The van der Waals surface area contributed by atoms with Gasteiger partial charge in [-0.05, 0) is 30.3 Å². The molecule has 0 saturated carbocycles. The minimum Gasteiger partial charge on any atom is -0.484 e. The van der Waals surface area contributed by atoms with E-state index in [9.17, 15) is 14.0 Å². The summed E-state index contributed by atoms with van der Waals surface area (Å²) in [5.41, 5.74) is -0.0245. The highest BCUT2D eigenvalue weighted by molar-refractivity contribution is 6.30. The van der Waals surface area contributed by atoms with Crippen molar-refractivity contribution in [2.45, 2.75) is 0 Å². The Morgan fingerprint density at radius 1 is 1.14 bits per heavy atom. The van der Waals surface area contributed by atoms with E-state index < -0.39 is 17.8 Å². The highest BCUT2D eigenvalue weighted by Gasteiger charge is 2.10. The Morgan fingerprint density at radius 3 is 2.64 bits per heavy atom. The molecule has 0 aliphatic carbocycles. The van der Waals surface area contributed by atoms with Crippen LogP contribution in [0.5, 0.6) is 5.75 Å². The lowest BCUT2D eigenvalue weighted by Gasteiger charge is -2.08. The SMILES string of the molecule is O=C(COc1cccc(Cl)c1)NC(=O)Nc1ccccc1F. The largest absolute Gasteiger partial charge is 0.484 e. The molecule has 3 amide bonds. The van der Waals surface area contributed by atoms with E-state index in [0.717, 1.165) is 0 Å². The maximum atomic E-state index is 13.3. The Bertz CT molecular complexity index is 694. The molecule has 0 aliphatic rings. The Hall–Kier alpha value is -2.60. The van der Waals surface area contributed by atoms with Gasteiger partial charge < -0.3 is 10.1 Å². The molecule has 5 nitrogen and oxygen atoms in total. The standard InChI is InChI=1S/C15H12ClFN2O3/c16-10-4-3-5-11(8-10)22-9-14(20)19-15(21)18-13-7-2-1-6-12(13)17/h1-8H,9H2,(H2,18,19,20,21). The van der Waals surface area contributed by atoms with E-state index in [4.69, 9.17) is 16.3 Å². The molecule has 0 bridgehead atoms. The zero-order chi connectivity index (χ0) is 15.9. The van der Waals surface area contributed by atoms with E-state index in [2.05, 4.69) is 5.32 Å². The zero-order valence-electron chi connectivity index (χ0n) is 11.3. The zero-order valence-corrected chi connectivity index (χ0v) is 12.1. The number of para-hydroxylation sites is 1. The van der Waals surface area contributed by atoms with Crippen LogP contribution in [0.4, 0.5) is 14.9 Å². The summed E-state index contributed by atoms with van der Waals surface area (Å²) in [5, 5.41) is 4.72. The molecule has 0 saturated heterocycles. The molecule has 0 aromatic heterocycles. The topological polar surface area (TPSA) is 67.4 Å². The molecule has 0 spiro atoms. The minimum atomic E-state index is -0.843. The fourth-order valence-electron chi connectivity index (χ4n) is 1.58. The first-order chi connectivity index (χ1) is 10.5. The average molecular weight is 323 g/mol. The molecule has 0 heterocycles. The fourth-order valence-corrected chi connectivity index (χ4v) is 1.76. The van der Waals surface area contributed by atoms with E-state index >= 15 is 0 Å². The predicted molar refractivity (Wildman–Crippen MR) is 80.5 cm³/mol. The first-order valence-electron chi connectivity index (χ1n) is 6.28. The number of imide groups is 1. The summed E-state index contributed by atoms with van der Waals surface area (Å²) in [6.07, 6.45) is 0. The second kappa shape index (κ2) is 7.42. The van der Waals surface area contributed by atoms with Crippen molar-refractivity contribution in [1.29, 1.82) is 0 Å². The quantitative estimate of drug-likeness (QED) is 0.908. The lowest BCUT2D eigenvalue weighted by Crippen LogP contribution is -2.37. The number of carbonyl (C=O) groups is 2. The van der Waals surface area contributed by atoms with Gasteiger partial charge in [0, 0.05) is 5.02 Å². The van der Waals surface area contributed by atoms with E-state index in [1.54, 1.807) is 24.3 Å². The van der Waals surface area contributed by atoms with E-state index in [1.807, 2.05) is 5.32 Å². The highest BCUT2D eigenvalue weighted by atomic mass is 35.5. The van der Waals surface area contributed by atoms with Gasteiger partial charge in [-0.2, -0.15) is 0 Å². The third kappa shape index (κ3) is 4.75. The molecule has 0 aliphatic heterocycles. The van der Waals surface area contributed by atoms with E-state index in [1.165, 1.54) is 24.3 Å². The van der Waals surface area contributed by atoms with Gasteiger partial charge in [-0.1, -0.05) is 29.8 Å². The van der Waals surface area contributed by atoms with Gasteiger partial charge in [-0.25, -0.2) is 9.18 Å². The van der Waals surface area contributed by atoms with Crippen molar-refractivity contribution in [2.24, 2.45) is 0 Å². The second-order valence-corrected chi connectivity index (χ2v) is 4.66. The van der Waals surface area contributed by atoms with E-state index in [-0.39, 0.29) is 12.3 Å². The summed E-state index contributed by atoms with van der Waals surface area (Å²) in [6, 6.07) is 11.3. The molecule has 2 aromatic carbocycles. The number of ether oxygens (including phenoxy) is 1. The van der Waals surface area contributed by atoms with Crippen LogP contribution in [0.1, 0.15) is 0 Å². The van der Waals surface area contributed by atoms with Crippen LogP contribution in [0.25, 0.3) is 0 Å². The number of benzene rings is 2. The minimum absolute atomic E-state index is 0.0245. The molecule has 0 fully saturated rings. The van der Waals surface area contributed by atoms with Crippen LogP contribution in [0.15, 0.2) is 48.5 Å². The van der Waals surface area contributed by atoms with Crippen molar-refractivity contribution in [1.82, 2.24) is 5.32 Å². The number of anilines is 1. The summed E-state index contributed by atoms with van der Waals surface area (Å²) in [4.78, 5) is 23.1. The Balaban J connectivity index is 1.82. The maximum absolute atomic E-state index is 13.3. The van der Waals surface area contributed by atoms with Gasteiger partial charge in [0.1, 0.15) is 11.6 Å². The molecule has 0 radical (unpaired) electrons. The Labute approximate surface area is 131 Å². The number of hydrogen-bond acceptors (Lipinski definition) is 3. The third-order valence-electron chi connectivity index (χ3n) is 2.54. The number of urea groups is 1. The number of carbonyl (C=O) groups excluding carboxylic acids is 2. The van der Waals surface area contributed by atoms with Crippen LogP contribution in [0, 0.1) is 5.82 Å². The van der Waals surface area contributed by atoms with Gasteiger partial charge in [0.15, 0.2) is 6.61 Å². The average Bonchev–Trinajstić information content (AvgIpc) is 2.47. The normalized spacial score (nSPS) is 9.91. The van der Waals surface area contributed by atoms with Gasteiger partial charge in [-0.3, -0.25) is 10.1 Å². The third-order valence-corrected chi connectivity index (χ3v) is 2.78. The molecule has 2 aromatic rings. The van der Waals surface area contributed by atoms with Gasteiger partial charge in [0.05, 0.1) is 5.69 Å². The van der Waals surface area contributed by atoms with Crippen molar-refractivity contribution < 1.29 is 18.7 Å². The van der Waals surface area contributed by atoms with Crippen molar-refractivity contribution in [3.05, 3.63) is 59.4 Å². The van der Waals surface area contributed by atoms with E-state index in [0.29, 0.717) is 10.8 Å². The van der Waals surface area contributed by atoms with Crippen LogP contribution in [-0.2, 0) is 4.79 Å². The van der Waals surface area contributed by atoms with Crippen molar-refractivity contribution >= 4 is 29.2 Å². The number of amides is 3. The number of nitrogens with one attached hydrogen (secondary N) is 2. The number of hydrogen-bond donors (Lipinski definition) is 2. The van der Waals surface area contributed by atoms with Gasteiger partial charge in [0.2, 0.25) is 0 Å². The van der Waals surface area contributed by atoms with Gasteiger partial charge in [0.25, 0.3) is 5.91 Å². The molecular formula is C15H12ClFN2O3. The molecule has 22 heavy (non-hydrogen) atoms. The number of halogens is 2. The van der Waals surface area contributed by atoms with Crippen LogP contribution in [-0.4, -0.2) is 18.5 Å². The molecule has 2 rings (SSSR count). The highest BCUT2D eigenvalue weighted by Crippen LogP contribution is 2.16. The van der Waals surface area contributed by atoms with Crippen molar-refractivity contribution in [2.75, 3.05) is 11.9 Å². The Kier molecular flexibility index (Phi) is 5.32. The molecule has 0 unspecified atom stereocenters. The summed E-state index contributed by atoms with van der Waals surface area (Å²) < 4.78 is 18.5. The Morgan fingerprint density at radius 2 is 1.91 bits per heavy atom. The van der Waals surface area contributed by atoms with Crippen molar-refractivity contribution in [3.63, 3.8) is 0 Å². The molecule has 2 N–H and O–H groups in total.